The lowest BCUT2D eigenvalue weighted by Gasteiger charge is -2.25. The SMILES string of the molecule is Cc1ccc(S(=O)(=O)N/N=C/C(c2ccc3c(c2)Nc2cc(Cl)ccc2O3)c2ccc3c(c2)Nc2cc(Cl)ccc2O3)cc1. The average molecular weight is 644 g/mol. The van der Waals surface area contributed by atoms with E-state index >= 15 is 0 Å². The van der Waals surface area contributed by atoms with Crippen molar-refractivity contribution in [2.24, 2.45) is 5.10 Å². The first-order chi connectivity index (χ1) is 21.2. The molecule has 0 aromatic heterocycles. The van der Waals surface area contributed by atoms with Gasteiger partial charge in [-0.3, -0.25) is 0 Å². The van der Waals surface area contributed by atoms with E-state index in [1.807, 2.05) is 55.5 Å². The Balaban J connectivity index is 1.24. The van der Waals surface area contributed by atoms with Crippen molar-refractivity contribution in [1.82, 2.24) is 4.83 Å². The first-order valence-corrected chi connectivity index (χ1v) is 15.8. The lowest BCUT2D eigenvalue weighted by molar-refractivity contribution is 0.481. The maximum atomic E-state index is 13.0. The number of fused-ring (bicyclic) bond motifs is 4. The summed E-state index contributed by atoms with van der Waals surface area (Å²) in [6.07, 6.45) is 1.57. The van der Waals surface area contributed by atoms with Crippen molar-refractivity contribution in [3.63, 3.8) is 0 Å². The lowest BCUT2D eigenvalue weighted by atomic mass is 9.91. The maximum absolute atomic E-state index is 13.0. The first kappa shape index (κ1) is 28.1. The Morgan fingerprint density at radius 2 is 1.14 bits per heavy atom. The summed E-state index contributed by atoms with van der Waals surface area (Å²) >= 11 is 12.4. The van der Waals surface area contributed by atoms with Crippen LogP contribution in [-0.2, 0) is 10.0 Å². The Hall–Kier alpha value is -4.70. The molecule has 5 aromatic carbocycles. The zero-order valence-corrected chi connectivity index (χ0v) is 25.5. The topological polar surface area (TPSA) is 101 Å². The van der Waals surface area contributed by atoms with Crippen LogP contribution in [0.5, 0.6) is 23.0 Å². The monoisotopic (exact) mass is 642 g/mol. The van der Waals surface area contributed by atoms with Gasteiger partial charge in [-0.25, -0.2) is 4.83 Å². The number of hydrogen-bond donors (Lipinski definition) is 3. The molecule has 7 rings (SSSR count). The Kier molecular flexibility index (Phi) is 7.08. The van der Waals surface area contributed by atoms with Crippen molar-refractivity contribution in [1.29, 1.82) is 0 Å². The van der Waals surface area contributed by atoms with Gasteiger partial charge in [0.15, 0.2) is 23.0 Å². The van der Waals surface area contributed by atoms with E-state index in [1.54, 1.807) is 54.7 Å². The van der Waals surface area contributed by atoms with E-state index in [9.17, 15) is 8.42 Å². The Bertz CT molecular complexity index is 1960. The summed E-state index contributed by atoms with van der Waals surface area (Å²) in [5.41, 5.74) is 5.58. The summed E-state index contributed by atoms with van der Waals surface area (Å²) in [5.74, 6) is 2.16. The summed E-state index contributed by atoms with van der Waals surface area (Å²) in [5, 5.41) is 12.2. The molecular formula is C33H24Cl2N4O4S. The fourth-order valence-corrected chi connectivity index (χ4v) is 6.21. The minimum absolute atomic E-state index is 0.122. The molecule has 8 nitrogen and oxygen atoms in total. The number of hydrogen-bond acceptors (Lipinski definition) is 7. The molecule has 0 fully saturated rings. The number of halogens is 2. The van der Waals surface area contributed by atoms with Gasteiger partial charge in [-0.1, -0.05) is 53.0 Å². The number of benzene rings is 5. The number of aryl methyl sites for hydroxylation is 1. The summed E-state index contributed by atoms with van der Waals surface area (Å²) in [6, 6.07) is 28.8. The minimum Gasteiger partial charge on any atom is -0.453 e. The summed E-state index contributed by atoms with van der Waals surface area (Å²) < 4.78 is 38.1. The molecule has 0 spiro atoms. The van der Waals surface area contributed by atoms with Crippen LogP contribution in [0.1, 0.15) is 22.6 Å². The highest BCUT2D eigenvalue weighted by atomic mass is 35.5. The van der Waals surface area contributed by atoms with Gasteiger partial charge in [0, 0.05) is 22.2 Å². The zero-order chi connectivity index (χ0) is 30.4. The fourth-order valence-electron chi connectivity index (χ4n) is 5.07. The summed E-state index contributed by atoms with van der Waals surface area (Å²) in [7, 11) is -3.88. The fraction of sp³-hybridized carbons (Fsp3) is 0.0606. The van der Waals surface area contributed by atoms with E-state index in [0.29, 0.717) is 33.0 Å². The molecule has 5 aromatic rings. The highest BCUT2D eigenvalue weighted by molar-refractivity contribution is 7.89. The van der Waals surface area contributed by atoms with Crippen molar-refractivity contribution in [2.75, 3.05) is 10.6 Å². The van der Waals surface area contributed by atoms with Gasteiger partial charge in [-0.15, -0.1) is 0 Å². The molecule has 0 bridgehead atoms. The summed E-state index contributed by atoms with van der Waals surface area (Å²) in [6.45, 7) is 1.89. The van der Waals surface area contributed by atoms with Crippen LogP contribution in [0.15, 0.2) is 107 Å². The molecule has 11 heteroatoms. The van der Waals surface area contributed by atoms with Crippen LogP contribution < -0.4 is 24.9 Å². The van der Waals surface area contributed by atoms with E-state index in [4.69, 9.17) is 32.7 Å². The van der Waals surface area contributed by atoms with Crippen LogP contribution in [0, 0.1) is 6.92 Å². The van der Waals surface area contributed by atoms with Crippen LogP contribution in [0.2, 0.25) is 10.0 Å². The van der Waals surface area contributed by atoms with Gasteiger partial charge in [0.25, 0.3) is 10.0 Å². The van der Waals surface area contributed by atoms with Gasteiger partial charge in [-0.05, 0) is 90.8 Å². The van der Waals surface area contributed by atoms with Crippen molar-refractivity contribution in [2.45, 2.75) is 17.7 Å². The molecule has 0 saturated carbocycles. The van der Waals surface area contributed by atoms with Gasteiger partial charge in [0.1, 0.15) is 0 Å². The zero-order valence-electron chi connectivity index (χ0n) is 23.1. The van der Waals surface area contributed by atoms with E-state index < -0.39 is 15.9 Å². The molecule has 0 saturated heterocycles. The lowest BCUT2D eigenvalue weighted by Crippen LogP contribution is -2.19. The van der Waals surface area contributed by atoms with E-state index in [2.05, 4.69) is 20.6 Å². The molecule has 220 valence electrons. The van der Waals surface area contributed by atoms with Gasteiger partial charge in [-0.2, -0.15) is 13.5 Å². The molecule has 44 heavy (non-hydrogen) atoms. The van der Waals surface area contributed by atoms with Crippen LogP contribution >= 0.6 is 23.2 Å². The second kappa shape index (κ2) is 11.1. The maximum Gasteiger partial charge on any atom is 0.276 e. The number of hydrazone groups is 1. The predicted molar refractivity (Wildman–Crippen MR) is 174 cm³/mol. The Morgan fingerprint density at radius 1 is 0.682 bits per heavy atom. The van der Waals surface area contributed by atoms with Gasteiger partial charge >= 0.3 is 0 Å². The van der Waals surface area contributed by atoms with Crippen LogP contribution in [0.3, 0.4) is 0 Å². The highest BCUT2D eigenvalue weighted by Gasteiger charge is 2.23. The van der Waals surface area contributed by atoms with Crippen molar-refractivity contribution in [3.05, 3.63) is 124 Å². The second-order valence-corrected chi connectivity index (χ2v) is 12.9. The number of anilines is 4. The molecule has 0 atom stereocenters. The van der Waals surface area contributed by atoms with E-state index in [0.717, 1.165) is 39.4 Å². The molecule has 2 aliphatic heterocycles. The molecule has 2 heterocycles. The third-order valence-corrected chi connectivity index (χ3v) is 9.02. The second-order valence-electron chi connectivity index (χ2n) is 10.4. The standard InChI is InChI=1S/C33H24Cl2N4O4S/c1-19-2-8-24(9-3-19)44(40,41)39-36-18-25(20-4-10-30-26(14-20)37-28-16-22(34)6-12-32(28)42-30)21-5-11-31-27(15-21)38-29-17-23(35)7-13-33(29)43-31/h2-18,25,37-39H,1H3/b36-18+. The predicted octanol–water partition coefficient (Wildman–Crippen LogP) is 9.10. The Morgan fingerprint density at radius 3 is 1.64 bits per heavy atom. The van der Waals surface area contributed by atoms with Crippen molar-refractivity contribution in [3.8, 4) is 23.0 Å². The van der Waals surface area contributed by atoms with Crippen molar-refractivity contribution < 1.29 is 17.9 Å². The molecule has 0 unspecified atom stereocenters. The molecule has 0 amide bonds. The van der Waals surface area contributed by atoms with Gasteiger partial charge in [0.2, 0.25) is 0 Å². The highest BCUT2D eigenvalue weighted by Crippen LogP contribution is 2.46. The van der Waals surface area contributed by atoms with Crippen molar-refractivity contribution >= 4 is 62.2 Å². The molecule has 0 aliphatic carbocycles. The number of rotatable bonds is 6. The summed E-state index contributed by atoms with van der Waals surface area (Å²) in [4.78, 5) is 2.48. The molecule has 0 radical (unpaired) electrons. The van der Waals surface area contributed by atoms with Gasteiger partial charge < -0.3 is 20.1 Å². The van der Waals surface area contributed by atoms with E-state index in [-0.39, 0.29) is 4.90 Å². The minimum atomic E-state index is -3.88. The quantitative estimate of drug-likeness (QED) is 0.123. The Labute approximate surface area is 264 Å². The van der Waals surface area contributed by atoms with Crippen LogP contribution in [-0.4, -0.2) is 14.6 Å². The smallest absolute Gasteiger partial charge is 0.276 e. The van der Waals surface area contributed by atoms with Gasteiger partial charge in [0.05, 0.1) is 27.6 Å². The largest absolute Gasteiger partial charge is 0.453 e. The molecule has 2 aliphatic rings. The third-order valence-electron chi connectivity index (χ3n) is 7.31. The number of ether oxygens (including phenoxy) is 2. The third kappa shape index (κ3) is 5.53. The average Bonchev–Trinajstić information content (AvgIpc) is 3.01. The normalized spacial score (nSPS) is 13.0. The molecule has 3 N–H and O–H groups in total. The molecular weight excluding hydrogens is 619 g/mol. The van der Waals surface area contributed by atoms with E-state index in [1.165, 1.54) is 0 Å². The number of sulfonamides is 1. The van der Waals surface area contributed by atoms with Crippen LogP contribution in [0.4, 0.5) is 22.7 Å². The first-order valence-electron chi connectivity index (χ1n) is 13.6. The van der Waals surface area contributed by atoms with Crippen LogP contribution in [0.25, 0.3) is 0 Å². The number of nitrogens with one attached hydrogen (secondary N) is 3. The number of nitrogens with zero attached hydrogens (tertiary/aromatic N) is 1.